The monoisotopic (exact) mass is 182 g/mol. The predicted octanol–water partition coefficient (Wildman–Crippen LogP) is 3.48. The van der Waals surface area contributed by atoms with Crippen molar-refractivity contribution >= 4 is 11.8 Å². The highest BCUT2D eigenvalue weighted by Crippen LogP contribution is 2.40. The lowest BCUT2D eigenvalue weighted by Crippen LogP contribution is -2.26. The van der Waals surface area contributed by atoms with Crippen molar-refractivity contribution in [3.05, 3.63) is 12.2 Å². The molecule has 0 aromatic rings. The molecule has 1 heteroatoms. The molecule has 2 unspecified atom stereocenters. The van der Waals surface area contributed by atoms with Gasteiger partial charge in [0.1, 0.15) is 0 Å². The Morgan fingerprint density at radius 1 is 1.25 bits per heavy atom. The van der Waals surface area contributed by atoms with Crippen LogP contribution in [0.15, 0.2) is 12.2 Å². The van der Waals surface area contributed by atoms with Gasteiger partial charge < -0.3 is 0 Å². The molecule has 3 atom stereocenters. The fourth-order valence-corrected chi connectivity index (χ4v) is 3.40. The summed E-state index contributed by atoms with van der Waals surface area (Å²) >= 11 is 2.07. The van der Waals surface area contributed by atoms with Crippen molar-refractivity contribution in [2.75, 3.05) is 6.26 Å². The zero-order chi connectivity index (χ0) is 8.39. The van der Waals surface area contributed by atoms with Gasteiger partial charge in [-0.2, -0.15) is 11.8 Å². The summed E-state index contributed by atoms with van der Waals surface area (Å²) in [5.41, 5.74) is 0. The fraction of sp³-hybridized carbons (Fsp3) is 0.818. The van der Waals surface area contributed by atoms with Gasteiger partial charge in [-0.05, 0) is 50.2 Å². The average Bonchev–Trinajstić information content (AvgIpc) is 2.17. The van der Waals surface area contributed by atoms with Gasteiger partial charge in [-0.1, -0.05) is 12.2 Å². The molecule has 68 valence electrons. The third-order valence-corrected chi connectivity index (χ3v) is 4.52. The smallest absolute Gasteiger partial charge is 0.00500 e. The summed E-state index contributed by atoms with van der Waals surface area (Å²) in [4.78, 5) is 0. The van der Waals surface area contributed by atoms with Crippen LogP contribution in [0.5, 0.6) is 0 Å². The van der Waals surface area contributed by atoms with Crippen LogP contribution in [0.3, 0.4) is 0 Å². The third-order valence-electron chi connectivity index (χ3n) is 3.42. The zero-order valence-electron chi connectivity index (χ0n) is 7.83. The molecule has 0 spiro atoms. The molecule has 0 bridgehead atoms. The lowest BCUT2D eigenvalue weighted by molar-refractivity contribution is 0.265. The van der Waals surface area contributed by atoms with Crippen LogP contribution in [0.1, 0.15) is 32.1 Å². The van der Waals surface area contributed by atoms with Crippen molar-refractivity contribution < 1.29 is 0 Å². The Morgan fingerprint density at radius 2 is 2.17 bits per heavy atom. The van der Waals surface area contributed by atoms with Gasteiger partial charge in [-0.15, -0.1) is 0 Å². The maximum atomic E-state index is 2.48. The van der Waals surface area contributed by atoms with Gasteiger partial charge in [0.25, 0.3) is 0 Å². The van der Waals surface area contributed by atoms with Gasteiger partial charge in [0.15, 0.2) is 0 Å². The van der Waals surface area contributed by atoms with E-state index in [1.54, 1.807) is 0 Å². The Kier molecular flexibility index (Phi) is 2.80. The molecule has 0 nitrogen and oxygen atoms in total. The first-order valence-corrected chi connectivity index (χ1v) is 6.38. The molecule has 0 heterocycles. The highest BCUT2D eigenvalue weighted by molar-refractivity contribution is 7.99. The highest BCUT2D eigenvalue weighted by Gasteiger charge is 2.29. The van der Waals surface area contributed by atoms with E-state index in [-0.39, 0.29) is 0 Å². The molecule has 2 aliphatic rings. The Bertz CT molecular complexity index is 174. The lowest BCUT2D eigenvalue weighted by atomic mass is 9.74. The molecular formula is C11H18S. The van der Waals surface area contributed by atoms with Crippen LogP contribution in [-0.4, -0.2) is 11.5 Å². The molecule has 2 rings (SSSR count). The molecule has 12 heavy (non-hydrogen) atoms. The van der Waals surface area contributed by atoms with Crippen LogP contribution < -0.4 is 0 Å². The average molecular weight is 182 g/mol. The maximum Gasteiger partial charge on any atom is 0.00500 e. The molecule has 0 aromatic carbocycles. The summed E-state index contributed by atoms with van der Waals surface area (Å²) < 4.78 is 0. The number of thioether (sulfide) groups is 1. The Balaban J connectivity index is 1.97. The lowest BCUT2D eigenvalue weighted by Gasteiger charge is -2.35. The first-order chi connectivity index (χ1) is 5.90. The molecule has 0 aliphatic heterocycles. The van der Waals surface area contributed by atoms with E-state index < -0.39 is 0 Å². The Labute approximate surface area is 79.8 Å². The largest absolute Gasteiger partial charge is 0.162 e. The van der Waals surface area contributed by atoms with Crippen molar-refractivity contribution in [1.82, 2.24) is 0 Å². The minimum atomic E-state index is 0.935. The normalized spacial score (nSPS) is 40.9. The molecule has 0 aromatic heterocycles. The highest BCUT2D eigenvalue weighted by atomic mass is 32.2. The van der Waals surface area contributed by atoms with Gasteiger partial charge in [0, 0.05) is 5.25 Å². The van der Waals surface area contributed by atoms with Crippen LogP contribution in [-0.2, 0) is 0 Å². The SMILES string of the molecule is CSC1CCC2CCC=C[C@@H]2C1. The Morgan fingerprint density at radius 3 is 3.00 bits per heavy atom. The van der Waals surface area contributed by atoms with Gasteiger partial charge in [-0.3, -0.25) is 0 Å². The number of allylic oxidation sites excluding steroid dienone is 2. The van der Waals surface area contributed by atoms with E-state index in [9.17, 15) is 0 Å². The molecule has 0 radical (unpaired) electrons. The topological polar surface area (TPSA) is 0 Å². The molecule has 0 amide bonds. The predicted molar refractivity (Wildman–Crippen MR) is 56.5 cm³/mol. The number of fused-ring (bicyclic) bond motifs is 1. The first kappa shape index (κ1) is 8.68. The standard InChI is InChI=1S/C11H18S/c1-12-11-7-6-9-4-2-3-5-10(9)8-11/h3,5,9-11H,2,4,6-8H2,1H3/t9?,10-,11?/m1/s1. The summed E-state index contributed by atoms with van der Waals surface area (Å²) in [5, 5.41) is 0.953. The zero-order valence-corrected chi connectivity index (χ0v) is 8.65. The van der Waals surface area contributed by atoms with E-state index in [0.717, 1.165) is 17.1 Å². The van der Waals surface area contributed by atoms with E-state index in [1.165, 1.54) is 32.1 Å². The van der Waals surface area contributed by atoms with Gasteiger partial charge in [0.05, 0.1) is 0 Å². The molecule has 1 fully saturated rings. The fourth-order valence-electron chi connectivity index (χ4n) is 2.62. The molecular weight excluding hydrogens is 164 g/mol. The van der Waals surface area contributed by atoms with E-state index in [1.807, 2.05) is 0 Å². The van der Waals surface area contributed by atoms with Crippen LogP contribution in [0.25, 0.3) is 0 Å². The molecule has 2 aliphatic carbocycles. The maximum absolute atomic E-state index is 2.48. The summed E-state index contributed by atoms with van der Waals surface area (Å²) in [6, 6.07) is 0. The molecule has 0 N–H and O–H groups in total. The van der Waals surface area contributed by atoms with Crippen LogP contribution >= 0.6 is 11.8 Å². The van der Waals surface area contributed by atoms with Crippen molar-refractivity contribution in [2.45, 2.75) is 37.4 Å². The minimum Gasteiger partial charge on any atom is -0.162 e. The van der Waals surface area contributed by atoms with Gasteiger partial charge in [0.2, 0.25) is 0 Å². The van der Waals surface area contributed by atoms with E-state index in [2.05, 4.69) is 30.2 Å². The van der Waals surface area contributed by atoms with E-state index in [4.69, 9.17) is 0 Å². The first-order valence-electron chi connectivity index (χ1n) is 5.09. The second-order valence-electron chi connectivity index (χ2n) is 4.10. The van der Waals surface area contributed by atoms with Crippen LogP contribution in [0.4, 0.5) is 0 Å². The summed E-state index contributed by atoms with van der Waals surface area (Å²) in [7, 11) is 0. The van der Waals surface area contributed by atoms with Crippen molar-refractivity contribution in [3.8, 4) is 0 Å². The van der Waals surface area contributed by atoms with E-state index in [0.29, 0.717) is 0 Å². The second kappa shape index (κ2) is 3.87. The van der Waals surface area contributed by atoms with Crippen molar-refractivity contribution in [3.63, 3.8) is 0 Å². The summed E-state index contributed by atoms with van der Waals surface area (Å²) in [6.07, 6.45) is 14.3. The Hall–Kier alpha value is 0.0900. The molecule has 1 saturated carbocycles. The van der Waals surface area contributed by atoms with Gasteiger partial charge >= 0.3 is 0 Å². The number of rotatable bonds is 1. The van der Waals surface area contributed by atoms with Crippen LogP contribution in [0.2, 0.25) is 0 Å². The number of hydrogen-bond donors (Lipinski definition) is 0. The van der Waals surface area contributed by atoms with Crippen LogP contribution in [0, 0.1) is 11.8 Å². The van der Waals surface area contributed by atoms with E-state index >= 15 is 0 Å². The van der Waals surface area contributed by atoms with Crippen molar-refractivity contribution in [1.29, 1.82) is 0 Å². The number of hydrogen-bond acceptors (Lipinski definition) is 1. The summed E-state index contributed by atoms with van der Waals surface area (Å²) in [5.74, 6) is 1.98. The van der Waals surface area contributed by atoms with Gasteiger partial charge in [-0.25, -0.2) is 0 Å². The third kappa shape index (κ3) is 1.71. The van der Waals surface area contributed by atoms with Crippen molar-refractivity contribution in [2.24, 2.45) is 11.8 Å². The second-order valence-corrected chi connectivity index (χ2v) is 5.24. The quantitative estimate of drug-likeness (QED) is 0.559. The minimum absolute atomic E-state index is 0.935. The summed E-state index contributed by atoms with van der Waals surface area (Å²) in [6.45, 7) is 0. The molecule has 0 saturated heterocycles.